The van der Waals surface area contributed by atoms with Gasteiger partial charge in [-0.25, -0.2) is 0 Å². The van der Waals surface area contributed by atoms with Crippen molar-refractivity contribution in [3.05, 3.63) is 42.0 Å². The van der Waals surface area contributed by atoms with Crippen molar-refractivity contribution in [3.8, 4) is 5.75 Å². The van der Waals surface area contributed by atoms with Gasteiger partial charge in [0.2, 0.25) is 0 Å². The lowest BCUT2D eigenvalue weighted by atomic mass is 9.72. The molecule has 0 spiro atoms. The lowest BCUT2D eigenvalue weighted by Gasteiger charge is -2.37. The van der Waals surface area contributed by atoms with E-state index in [1.807, 2.05) is 0 Å². The van der Waals surface area contributed by atoms with E-state index in [1.54, 1.807) is 0 Å². The summed E-state index contributed by atoms with van der Waals surface area (Å²) in [5.41, 5.74) is 1.25. The number of nitrogens with one attached hydrogen (secondary N) is 1. The third kappa shape index (κ3) is 5.75. The monoisotopic (exact) mass is 411 g/mol. The Bertz CT molecular complexity index is 873. The van der Waals surface area contributed by atoms with Crippen LogP contribution in [0.15, 0.2) is 36.4 Å². The first-order valence-corrected chi connectivity index (χ1v) is 11.2. The molecule has 0 amide bonds. The van der Waals surface area contributed by atoms with Crippen molar-refractivity contribution in [2.75, 3.05) is 6.54 Å². The number of carboxylic acids is 1. The standard InChI is InChI=1S/C26H37NO3/c1-25(2,3)20-9-12-22(13-10-20)30-23-11-7-18-16-21(8-6-19(18)17-23)26(4,5)27-15-14-24(28)29/h6-8,11,16-17,20,22,27H,9-10,12-15H2,1-5H3,(H,28,29). The fraction of sp³-hybridized carbons (Fsp3) is 0.577. The van der Waals surface area contributed by atoms with Crippen molar-refractivity contribution < 1.29 is 14.6 Å². The van der Waals surface area contributed by atoms with E-state index < -0.39 is 5.97 Å². The molecule has 0 saturated heterocycles. The van der Waals surface area contributed by atoms with Crippen LogP contribution in [-0.4, -0.2) is 23.7 Å². The van der Waals surface area contributed by atoms with E-state index >= 15 is 0 Å². The number of benzene rings is 2. The van der Waals surface area contributed by atoms with E-state index in [0.717, 1.165) is 30.1 Å². The Labute approximate surface area is 181 Å². The minimum absolute atomic E-state index is 0.120. The Morgan fingerprint density at radius 3 is 2.27 bits per heavy atom. The zero-order chi connectivity index (χ0) is 21.9. The summed E-state index contributed by atoms with van der Waals surface area (Å²) >= 11 is 0. The third-order valence-corrected chi connectivity index (χ3v) is 6.64. The van der Waals surface area contributed by atoms with Crippen molar-refractivity contribution in [3.63, 3.8) is 0 Å². The zero-order valence-electron chi connectivity index (χ0n) is 19.1. The van der Waals surface area contributed by atoms with Gasteiger partial charge < -0.3 is 15.2 Å². The summed E-state index contributed by atoms with van der Waals surface area (Å²) in [6.45, 7) is 11.7. The van der Waals surface area contributed by atoms with E-state index in [0.29, 0.717) is 18.1 Å². The van der Waals surface area contributed by atoms with Crippen molar-refractivity contribution in [2.24, 2.45) is 11.3 Å². The number of aliphatic carboxylic acids is 1. The topological polar surface area (TPSA) is 58.6 Å². The lowest BCUT2D eigenvalue weighted by Crippen LogP contribution is -2.37. The number of hydrogen-bond donors (Lipinski definition) is 2. The maximum absolute atomic E-state index is 10.8. The first kappa shape index (κ1) is 22.6. The summed E-state index contributed by atoms with van der Waals surface area (Å²) in [6.07, 6.45) is 5.20. The molecule has 2 aromatic rings. The van der Waals surface area contributed by atoms with Crippen LogP contribution in [0.4, 0.5) is 0 Å². The van der Waals surface area contributed by atoms with Crippen molar-refractivity contribution in [1.29, 1.82) is 0 Å². The maximum Gasteiger partial charge on any atom is 0.304 e. The number of rotatable bonds is 7. The molecule has 0 heterocycles. The number of ether oxygens (including phenoxy) is 1. The molecule has 1 saturated carbocycles. The molecule has 30 heavy (non-hydrogen) atoms. The molecule has 3 rings (SSSR count). The first-order valence-electron chi connectivity index (χ1n) is 11.2. The van der Waals surface area contributed by atoms with E-state index in [1.165, 1.54) is 23.6 Å². The fourth-order valence-electron chi connectivity index (χ4n) is 4.51. The summed E-state index contributed by atoms with van der Waals surface area (Å²) < 4.78 is 6.33. The van der Waals surface area contributed by atoms with Gasteiger partial charge in [0.15, 0.2) is 0 Å². The van der Waals surface area contributed by atoms with Gasteiger partial charge in [0, 0.05) is 12.1 Å². The van der Waals surface area contributed by atoms with Gasteiger partial charge in [-0.15, -0.1) is 0 Å². The maximum atomic E-state index is 10.8. The lowest BCUT2D eigenvalue weighted by molar-refractivity contribution is -0.136. The number of carbonyl (C=O) groups is 1. The van der Waals surface area contributed by atoms with Crippen molar-refractivity contribution in [1.82, 2.24) is 5.32 Å². The van der Waals surface area contributed by atoms with Crippen LogP contribution in [-0.2, 0) is 10.3 Å². The van der Waals surface area contributed by atoms with Crippen LogP contribution in [0.1, 0.15) is 72.3 Å². The van der Waals surface area contributed by atoms with E-state index in [9.17, 15) is 4.79 Å². The number of hydrogen-bond acceptors (Lipinski definition) is 3. The largest absolute Gasteiger partial charge is 0.490 e. The summed E-state index contributed by atoms with van der Waals surface area (Å²) in [5.74, 6) is 0.962. The highest BCUT2D eigenvalue weighted by Crippen LogP contribution is 2.39. The highest BCUT2D eigenvalue weighted by atomic mass is 16.5. The van der Waals surface area contributed by atoms with Gasteiger partial charge in [-0.3, -0.25) is 4.79 Å². The normalized spacial score (nSPS) is 20.3. The minimum Gasteiger partial charge on any atom is -0.490 e. The van der Waals surface area contributed by atoms with Gasteiger partial charge in [0.05, 0.1) is 12.5 Å². The number of fused-ring (bicyclic) bond motifs is 1. The van der Waals surface area contributed by atoms with Crippen LogP contribution >= 0.6 is 0 Å². The Kier molecular flexibility index (Phi) is 6.76. The first-order chi connectivity index (χ1) is 14.0. The summed E-state index contributed by atoms with van der Waals surface area (Å²) in [6, 6.07) is 12.8. The van der Waals surface area contributed by atoms with Gasteiger partial charge in [0.25, 0.3) is 0 Å². The van der Waals surface area contributed by atoms with Gasteiger partial charge in [-0.1, -0.05) is 39.0 Å². The highest BCUT2D eigenvalue weighted by molar-refractivity contribution is 5.84. The molecule has 4 heteroatoms. The summed E-state index contributed by atoms with van der Waals surface area (Å²) in [4.78, 5) is 10.8. The van der Waals surface area contributed by atoms with Gasteiger partial charge in [-0.05, 0) is 85.4 Å². The predicted octanol–water partition coefficient (Wildman–Crippen LogP) is 6.12. The fourth-order valence-corrected chi connectivity index (χ4v) is 4.51. The Hall–Kier alpha value is -2.07. The number of carboxylic acid groups (broad SMARTS) is 1. The second-order valence-corrected chi connectivity index (χ2v) is 10.4. The molecule has 1 fully saturated rings. The Morgan fingerprint density at radius 1 is 1.00 bits per heavy atom. The molecule has 0 atom stereocenters. The van der Waals surface area contributed by atoms with Crippen LogP contribution in [0.3, 0.4) is 0 Å². The van der Waals surface area contributed by atoms with Gasteiger partial charge >= 0.3 is 5.97 Å². The molecule has 0 unspecified atom stereocenters. The van der Waals surface area contributed by atoms with Crippen molar-refractivity contribution in [2.45, 2.75) is 78.4 Å². The van der Waals surface area contributed by atoms with Crippen LogP contribution in [0.5, 0.6) is 5.75 Å². The smallest absolute Gasteiger partial charge is 0.304 e. The second-order valence-electron chi connectivity index (χ2n) is 10.4. The molecule has 0 bridgehead atoms. The van der Waals surface area contributed by atoms with Crippen LogP contribution in [0, 0.1) is 11.3 Å². The van der Waals surface area contributed by atoms with Gasteiger partial charge in [0.1, 0.15) is 5.75 Å². The molecule has 4 nitrogen and oxygen atoms in total. The molecule has 0 aliphatic heterocycles. The molecule has 2 aromatic carbocycles. The second kappa shape index (κ2) is 8.97. The molecule has 1 aliphatic rings. The average Bonchev–Trinajstić information content (AvgIpc) is 2.67. The molecule has 1 aliphatic carbocycles. The molecule has 164 valence electrons. The SMILES string of the molecule is CC(C)(NCCC(=O)O)c1ccc2cc(OC3CCC(C(C)(C)C)CC3)ccc2c1. The summed E-state index contributed by atoms with van der Waals surface area (Å²) in [5, 5.41) is 14.5. The van der Waals surface area contributed by atoms with Crippen LogP contribution in [0.25, 0.3) is 10.8 Å². The molecule has 0 aromatic heterocycles. The molecular weight excluding hydrogens is 374 g/mol. The molecule has 2 N–H and O–H groups in total. The quantitative estimate of drug-likeness (QED) is 0.576. The zero-order valence-corrected chi connectivity index (χ0v) is 19.1. The van der Waals surface area contributed by atoms with E-state index in [2.05, 4.69) is 76.3 Å². The minimum atomic E-state index is -0.781. The average molecular weight is 412 g/mol. The Morgan fingerprint density at radius 2 is 1.63 bits per heavy atom. The molecular formula is C26H37NO3. The molecule has 0 radical (unpaired) electrons. The summed E-state index contributed by atoms with van der Waals surface area (Å²) in [7, 11) is 0. The van der Waals surface area contributed by atoms with E-state index in [4.69, 9.17) is 9.84 Å². The predicted molar refractivity (Wildman–Crippen MR) is 123 cm³/mol. The van der Waals surface area contributed by atoms with Crippen molar-refractivity contribution >= 4 is 16.7 Å². The van der Waals surface area contributed by atoms with Crippen LogP contribution < -0.4 is 10.1 Å². The third-order valence-electron chi connectivity index (χ3n) is 6.64. The van der Waals surface area contributed by atoms with Crippen LogP contribution in [0.2, 0.25) is 0 Å². The Balaban J connectivity index is 1.65. The van der Waals surface area contributed by atoms with E-state index in [-0.39, 0.29) is 12.0 Å². The highest BCUT2D eigenvalue weighted by Gasteiger charge is 2.30. The van der Waals surface area contributed by atoms with Gasteiger partial charge in [-0.2, -0.15) is 0 Å².